The average Bonchev–Trinajstić information content (AvgIpc) is 3.20. The van der Waals surface area contributed by atoms with Gasteiger partial charge in [0.2, 0.25) is 11.5 Å². The minimum atomic E-state index is -1.42. The first-order chi connectivity index (χ1) is 15.0. The molecule has 2 aliphatic heterocycles. The number of cyclic esters (lactones) is 2. The maximum absolute atomic E-state index is 10.5. The topological polar surface area (TPSA) is 298 Å². The van der Waals surface area contributed by atoms with E-state index in [1.54, 1.807) is 0 Å². The first-order valence-corrected chi connectivity index (χ1v) is 9.71. The Morgan fingerprint density at radius 2 is 1.06 bits per heavy atom. The van der Waals surface area contributed by atoms with Gasteiger partial charge in [-0.15, -0.1) is 0 Å². The van der Waals surface area contributed by atoms with Crippen LogP contribution in [0, 0.1) is 0 Å². The Morgan fingerprint density at radius 1 is 0.765 bits per heavy atom. The standard InChI is InChI=1S/C6H14N2.2C6H8O6.H2O.Pt/c7-5-3-1-2-4-6(5)8;2*7-1-2(8)5-3(9)4(10)6(11)12-5;;/h5-6H,1-4,7-8H2;2*2,5,7-10H,1H2;1H2;. The molecule has 0 bridgehead atoms. The van der Waals surface area contributed by atoms with Crippen molar-refractivity contribution in [2.75, 3.05) is 13.2 Å². The van der Waals surface area contributed by atoms with Gasteiger partial charge >= 0.3 is 11.9 Å². The average molecular weight is 680 g/mol. The summed E-state index contributed by atoms with van der Waals surface area (Å²) < 4.78 is 8.63. The number of nitrogens with two attached hydrogens (primary N) is 2. The van der Waals surface area contributed by atoms with Crippen molar-refractivity contribution in [1.82, 2.24) is 0 Å². The smallest absolute Gasteiger partial charge is 0.377 e. The molecule has 0 amide bonds. The van der Waals surface area contributed by atoms with Gasteiger partial charge < -0.3 is 67.3 Å². The first-order valence-electron chi connectivity index (χ1n) is 9.71. The van der Waals surface area contributed by atoms with Gasteiger partial charge in [-0.05, 0) is 12.8 Å². The molecule has 0 radical (unpaired) electrons. The summed E-state index contributed by atoms with van der Waals surface area (Å²) in [6.45, 7) is -1.34. The summed E-state index contributed by atoms with van der Waals surface area (Å²) >= 11 is 0. The van der Waals surface area contributed by atoms with E-state index in [4.69, 9.17) is 52.3 Å². The second kappa shape index (κ2) is 15.8. The predicted octanol–water partition coefficient (Wildman–Crippen LogP) is -3.43. The van der Waals surface area contributed by atoms with Crippen molar-refractivity contribution in [3.63, 3.8) is 0 Å². The number of rotatable bonds is 4. The van der Waals surface area contributed by atoms with Crippen LogP contribution in [0.5, 0.6) is 0 Å². The van der Waals surface area contributed by atoms with Crippen LogP contribution in [0.4, 0.5) is 0 Å². The summed E-state index contributed by atoms with van der Waals surface area (Å²) in [5.41, 5.74) is 11.3. The Hall–Kier alpha value is -1.97. The van der Waals surface area contributed by atoms with Gasteiger partial charge in [-0.1, -0.05) is 12.8 Å². The van der Waals surface area contributed by atoms with Crippen LogP contribution in [-0.4, -0.2) is 108 Å². The van der Waals surface area contributed by atoms with Crippen molar-refractivity contribution >= 4 is 11.9 Å². The molecule has 16 heteroatoms. The largest absolute Gasteiger partial charge is 0.505 e. The van der Waals surface area contributed by atoms with Gasteiger partial charge in [-0.25, -0.2) is 9.59 Å². The number of carbonyl (C=O) groups excluding carboxylic acids is 2. The molecule has 0 spiro atoms. The molecule has 0 aromatic heterocycles. The van der Waals surface area contributed by atoms with E-state index < -0.39 is 72.6 Å². The van der Waals surface area contributed by atoms with Crippen LogP contribution in [-0.2, 0) is 40.1 Å². The Labute approximate surface area is 208 Å². The molecule has 6 atom stereocenters. The Balaban J connectivity index is 0. The van der Waals surface area contributed by atoms with Crippen molar-refractivity contribution in [3.8, 4) is 0 Å². The SMILES string of the molecule is NC1CCCCC1N.O.O=C1OC(C(O)CO)C(O)=C1O.O=C1OC(C(O)CO)C(O)=C1O.[Pt]. The molecule has 202 valence electrons. The quantitative estimate of drug-likeness (QED) is 0.130. The normalized spacial score (nSPS) is 27.6. The summed E-state index contributed by atoms with van der Waals surface area (Å²) in [7, 11) is 0. The summed E-state index contributed by atoms with van der Waals surface area (Å²) in [6.07, 6.45) is -0.756. The fraction of sp³-hybridized carbons (Fsp3) is 0.667. The van der Waals surface area contributed by atoms with Crippen LogP contribution in [0.25, 0.3) is 0 Å². The predicted molar refractivity (Wildman–Crippen MR) is 109 cm³/mol. The summed E-state index contributed by atoms with van der Waals surface area (Å²) in [5, 5.41) is 70.1. The Morgan fingerprint density at radius 3 is 1.24 bits per heavy atom. The number of aliphatic hydroxyl groups excluding tert-OH is 8. The molecule has 3 aliphatic rings. The van der Waals surface area contributed by atoms with E-state index >= 15 is 0 Å². The molecule has 6 unspecified atom stereocenters. The zero-order valence-corrected chi connectivity index (χ0v) is 20.2. The molecule has 2 heterocycles. The van der Waals surface area contributed by atoms with Crippen LogP contribution in [0.15, 0.2) is 23.0 Å². The molecular formula is C18H32N2O13Pt. The Bertz CT molecular complexity index is 673. The van der Waals surface area contributed by atoms with E-state index in [0.717, 1.165) is 12.8 Å². The van der Waals surface area contributed by atoms with Gasteiger partial charge in [0, 0.05) is 33.1 Å². The second-order valence-electron chi connectivity index (χ2n) is 7.23. The summed E-state index contributed by atoms with van der Waals surface area (Å²) in [5.74, 6) is -5.56. The molecule has 0 saturated heterocycles. The van der Waals surface area contributed by atoms with Crippen LogP contribution in [0.1, 0.15) is 25.7 Å². The van der Waals surface area contributed by atoms with E-state index in [-0.39, 0.29) is 38.6 Å². The molecule has 14 N–H and O–H groups in total. The van der Waals surface area contributed by atoms with Crippen LogP contribution in [0.3, 0.4) is 0 Å². The van der Waals surface area contributed by atoms with Crippen LogP contribution < -0.4 is 11.5 Å². The molecule has 0 aromatic carbocycles. The van der Waals surface area contributed by atoms with Gasteiger partial charge in [0.25, 0.3) is 0 Å². The maximum atomic E-state index is 10.5. The molecule has 1 saturated carbocycles. The molecule has 34 heavy (non-hydrogen) atoms. The third-order valence-corrected chi connectivity index (χ3v) is 4.83. The monoisotopic (exact) mass is 679 g/mol. The Kier molecular flexibility index (Phi) is 15.9. The molecule has 1 fully saturated rings. The number of esters is 2. The van der Waals surface area contributed by atoms with Crippen molar-refractivity contribution < 1.29 is 86.5 Å². The fourth-order valence-corrected chi connectivity index (χ4v) is 2.83. The van der Waals surface area contributed by atoms with Gasteiger partial charge in [-0.3, -0.25) is 0 Å². The second-order valence-corrected chi connectivity index (χ2v) is 7.23. The van der Waals surface area contributed by atoms with Crippen molar-refractivity contribution in [1.29, 1.82) is 0 Å². The van der Waals surface area contributed by atoms with Crippen LogP contribution >= 0.6 is 0 Å². The van der Waals surface area contributed by atoms with Gasteiger partial charge in [0.1, 0.15) is 12.2 Å². The fourth-order valence-electron chi connectivity index (χ4n) is 2.83. The van der Waals surface area contributed by atoms with Crippen molar-refractivity contribution in [2.24, 2.45) is 11.5 Å². The third kappa shape index (κ3) is 9.00. The number of hydrogen-bond acceptors (Lipinski definition) is 14. The molecule has 1 aliphatic carbocycles. The summed E-state index contributed by atoms with van der Waals surface area (Å²) in [4.78, 5) is 21.1. The minimum absolute atomic E-state index is 0. The number of hydrogen-bond donors (Lipinski definition) is 10. The third-order valence-electron chi connectivity index (χ3n) is 4.83. The molecule has 0 aromatic rings. The van der Waals surface area contributed by atoms with Gasteiger partial charge in [0.15, 0.2) is 23.7 Å². The molecule has 15 nitrogen and oxygen atoms in total. The number of aliphatic hydroxyl groups is 8. The van der Waals surface area contributed by atoms with Crippen molar-refractivity contribution in [2.45, 2.75) is 62.2 Å². The number of ether oxygens (including phenoxy) is 2. The first kappa shape index (κ1) is 34.2. The van der Waals surface area contributed by atoms with E-state index in [0.29, 0.717) is 0 Å². The number of carbonyl (C=O) groups is 2. The van der Waals surface area contributed by atoms with E-state index in [9.17, 15) is 9.59 Å². The van der Waals surface area contributed by atoms with E-state index in [1.165, 1.54) is 12.8 Å². The molecule has 3 rings (SSSR count). The maximum Gasteiger partial charge on any atom is 0.377 e. The zero-order chi connectivity index (χ0) is 24.6. The summed E-state index contributed by atoms with van der Waals surface area (Å²) in [6, 6.07) is 0.562. The van der Waals surface area contributed by atoms with Gasteiger partial charge in [-0.2, -0.15) is 0 Å². The minimum Gasteiger partial charge on any atom is -0.505 e. The van der Waals surface area contributed by atoms with Crippen LogP contribution in [0.2, 0.25) is 0 Å². The zero-order valence-electron chi connectivity index (χ0n) is 17.9. The van der Waals surface area contributed by atoms with E-state index in [1.807, 2.05) is 0 Å². The molecular weight excluding hydrogens is 647 g/mol. The van der Waals surface area contributed by atoms with E-state index in [2.05, 4.69) is 9.47 Å². The van der Waals surface area contributed by atoms with Crippen molar-refractivity contribution in [3.05, 3.63) is 23.0 Å². The van der Waals surface area contributed by atoms with Gasteiger partial charge in [0.05, 0.1) is 13.2 Å².